The monoisotopic (exact) mass is 281 g/mol. The zero-order valence-electron chi connectivity index (χ0n) is 12.8. The molecule has 21 heavy (non-hydrogen) atoms. The van der Waals surface area contributed by atoms with Crippen molar-refractivity contribution in [3.05, 3.63) is 59.7 Å². The Balaban J connectivity index is 1.73. The van der Waals surface area contributed by atoms with Crippen molar-refractivity contribution in [1.82, 2.24) is 0 Å². The first-order valence-corrected chi connectivity index (χ1v) is 7.81. The third kappa shape index (κ3) is 3.38. The minimum Gasteiger partial charge on any atom is -0.491 e. The van der Waals surface area contributed by atoms with Gasteiger partial charge in [0.25, 0.3) is 0 Å². The number of ether oxygens (including phenoxy) is 1. The quantitative estimate of drug-likeness (QED) is 0.894. The smallest absolute Gasteiger partial charge is 0.122 e. The molecule has 0 aliphatic carbocycles. The Morgan fingerprint density at radius 3 is 2.71 bits per heavy atom. The van der Waals surface area contributed by atoms with Gasteiger partial charge in [0.05, 0.1) is 6.10 Å². The van der Waals surface area contributed by atoms with Crippen molar-refractivity contribution in [2.75, 3.05) is 5.32 Å². The number of hydrogen-bond donors (Lipinski definition) is 1. The van der Waals surface area contributed by atoms with Gasteiger partial charge in [0.2, 0.25) is 0 Å². The van der Waals surface area contributed by atoms with Gasteiger partial charge in [-0.3, -0.25) is 0 Å². The van der Waals surface area contributed by atoms with Crippen LogP contribution in [0, 0.1) is 0 Å². The zero-order chi connectivity index (χ0) is 14.7. The number of aryl methyl sites for hydroxylation is 1. The largest absolute Gasteiger partial charge is 0.491 e. The average Bonchev–Trinajstić information content (AvgIpc) is 2.49. The molecule has 1 aliphatic heterocycles. The summed E-state index contributed by atoms with van der Waals surface area (Å²) in [5, 5.41) is 3.67. The van der Waals surface area contributed by atoms with Crippen LogP contribution in [-0.2, 0) is 12.8 Å². The van der Waals surface area contributed by atoms with E-state index in [-0.39, 0.29) is 6.10 Å². The van der Waals surface area contributed by atoms with Crippen molar-refractivity contribution in [3.8, 4) is 5.75 Å². The number of fused-ring (bicyclic) bond motifs is 1. The molecule has 110 valence electrons. The SMILES string of the molecule is CC(C)Oc1ccccc1CC1CCc2ccccc2N1. The Bertz CT molecular complexity index is 606. The highest BCUT2D eigenvalue weighted by atomic mass is 16.5. The Morgan fingerprint density at radius 2 is 1.86 bits per heavy atom. The normalized spacial score (nSPS) is 17.2. The standard InChI is InChI=1S/C19H23NO/c1-14(2)21-19-10-6-4-8-16(19)13-17-12-11-15-7-3-5-9-18(15)20-17/h3-10,14,17,20H,11-13H2,1-2H3. The van der Waals surface area contributed by atoms with E-state index in [4.69, 9.17) is 4.74 Å². The minimum atomic E-state index is 0.214. The number of anilines is 1. The van der Waals surface area contributed by atoms with E-state index in [1.54, 1.807) is 0 Å². The predicted octanol–water partition coefficient (Wildman–Crippen LogP) is 4.44. The lowest BCUT2D eigenvalue weighted by Crippen LogP contribution is -2.27. The molecule has 0 radical (unpaired) electrons. The second-order valence-electron chi connectivity index (χ2n) is 6.02. The number of nitrogens with one attached hydrogen (secondary N) is 1. The maximum absolute atomic E-state index is 5.93. The predicted molar refractivity (Wildman–Crippen MR) is 88.1 cm³/mol. The second kappa shape index (κ2) is 6.21. The van der Waals surface area contributed by atoms with Gasteiger partial charge in [-0.2, -0.15) is 0 Å². The molecule has 0 bridgehead atoms. The molecule has 0 saturated heterocycles. The van der Waals surface area contributed by atoms with E-state index in [0.717, 1.165) is 18.6 Å². The van der Waals surface area contributed by atoms with Gasteiger partial charge in [0.1, 0.15) is 5.75 Å². The van der Waals surface area contributed by atoms with Crippen LogP contribution in [0.1, 0.15) is 31.4 Å². The molecule has 0 fully saturated rings. The zero-order valence-corrected chi connectivity index (χ0v) is 12.8. The molecule has 0 spiro atoms. The molecule has 0 amide bonds. The first-order chi connectivity index (χ1) is 10.2. The summed E-state index contributed by atoms with van der Waals surface area (Å²) < 4.78 is 5.93. The van der Waals surface area contributed by atoms with Gasteiger partial charge in [0, 0.05) is 11.7 Å². The highest BCUT2D eigenvalue weighted by Gasteiger charge is 2.19. The average molecular weight is 281 g/mol. The van der Waals surface area contributed by atoms with Gasteiger partial charge >= 0.3 is 0 Å². The topological polar surface area (TPSA) is 21.3 Å². The first kappa shape index (κ1) is 14.0. The summed E-state index contributed by atoms with van der Waals surface area (Å²) in [4.78, 5) is 0. The number of benzene rings is 2. The van der Waals surface area contributed by atoms with E-state index >= 15 is 0 Å². The van der Waals surface area contributed by atoms with Gasteiger partial charge in [-0.05, 0) is 56.4 Å². The second-order valence-corrected chi connectivity index (χ2v) is 6.02. The van der Waals surface area contributed by atoms with Gasteiger partial charge in [-0.1, -0.05) is 36.4 Å². The molecule has 0 saturated carbocycles. The summed E-state index contributed by atoms with van der Waals surface area (Å²) in [6.07, 6.45) is 3.55. The van der Waals surface area contributed by atoms with Crippen LogP contribution in [0.2, 0.25) is 0 Å². The Morgan fingerprint density at radius 1 is 1.10 bits per heavy atom. The molecule has 2 aromatic carbocycles. The van der Waals surface area contributed by atoms with Crippen molar-refractivity contribution in [1.29, 1.82) is 0 Å². The van der Waals surface area contributed by atoms with E-state index in [0.29, 0.717) is 6.04 Å². The molecule has 1 unspecified atom stereocenters. The van der Waals surface area contributed by atoms with Crippen molar-refractivity contribution < 1.29 is 4.74 Å². The van der Waals surface area contributed by atoms with E-state index in [1.165, 1.54) is 23.2 Å². The van der Waals surface area contributed by atoms with Crippen LogP contribution in [0.4, 0.5) is 5.69 Å². The third-order valence-corrected chi connectivity index (χ3v) is 3.94. The van der Waals surface area contributed by atoms with Crippen LogP contribution in [0.5, 0.6) is 5.75 Å². The summed E-state index contributed by atoms with van der Waals surface area (Å²) in [6, 6.07) is 17.5. The van der Waals surface area contributed by atoms with Gasteiger partial charge in [-0.25, -0.2) is 0 Å². The van der Waals surface area contributed by atoms with Crippen LogP contribution in [0.25, 0.3) is 0 Å². The van der Waals surface area contributed by atoms with Crippen molar-refractivity contribution in [2.24, 2.45) is 0 Å². The lowest BCUT2D eigenvalue weighted by molar-refractivity contribution is 0.239. The summed E-state index contributed by atoms with van der Waals surface area (Å²) in [5.41, 5.74) is 4.01. The molecule has 2 nitrogen and oxygen atoms in total. The molecular formula is C19H23NO. The van der Waals surface area contributed by atoms with Crippen LogP contribution >= 0.6 is 0 Å². The summed E-state index contributed by atoms with van der Waals surface area (Å²) in [5.74, 6) is 1.02. The Labute approximate surface area is 127 Å². The Kier molecular flexibility index (Phi) is 4.14. The van der Waals surface area contributed by atoms with Gasteiger partial charge in [-0.15, -0.1) is 0 Å². The maximum Gasteiger partial charge on any atom is 0.122 e. The van der Waals surface area contributed by atoms with E-state index in [2.05, 4.69) is 61.6 Å². The van der Waals surface area contributed by atoms with Gasteiger partial charge in [0.15, 0.2) is 0 Å². The van der Waals surface area contributed by atoms with Crippen LogP contribution in [0.15, 0.2) is 48.5 Å². The van der Waals surface area contributed by atoms with Crippen molar-refractivity contribution >= 4 is 5.69 Å². The number of para-hydroxylation sites is 2. The molecule has 2 aromatic rings. The van der Waals surface area contributed by atoms with Crippen LogP contribution in [0.3, 0.4) is 0 Å². The lowest BCUT2D eigenvalue weighted by atomic mass is 9.93. The summed E-state index contributed by atoms with van der Waals surface area (Å²) in [6.45, 7) is 4.15. The van der Waals surface area contributed by atoms with Crippen molar-refractivity contribution in [3.63, 3.8) is 0 Å². The first-order valence-electron chi connectivity index (χ1n) is 7.81. The molecule has 1 atom stereocenters. The highest BCUT2D eigenvalue weighted by Crippen LogP contribution is 2.28. The fourth-order valence-corrected chi connectivity index (χ4v) is 2.96. The van der Waals surface area contributed by atoms with Crippen LogP contribution < -0.4 is 10.1 Å². The molecule has 0 aromatic heterocycles. The fourth-order valence-electron chi connectivity index (χ4n) is 2.96. The number of hydrogen-bond acceptors (Lipinski definition) is 2. The van der Waals surface area contributed by atoms with Gasteiger partial charge < -0.3 is 10.1 Å². The van der Waals surface area contributed by atoms with Crippen molar-refractivity contribution in [2.45, 2.75) is 45.3 Å². The molecule has 2 heteroatoms. The molecule has 1 N–H and O–H groups in total. The van der Waals surface area contributed by atoms with E-state index in [9.17, 15) is 0 Å². The highest BCUT2D eigenvalue weighted by molar-refractivity contribution is 5.54. The molecule has 1 aliphatic rings. The summed E-state index contributed by atoms with van der Waals surface area (Å²) >= 11 is 0. The lowest BCUT2D eigenvalue weighted by Gasteiger charge is -2.28. The molecular weight excluding hydrogens is 258 g/mol. The fraction of sp³-hybridized carbons (Fsp3) is 0.368. The van der Waals surface area contributed by atoms with Crippen LogP contribution in [-0.4, -0.2) is 12.1 Å². The summed E-state index contributed by atoms with van der Waals surface area (Å²) in [7, 11) is 0. The third-order valence-electron chi connectivity index (χ3n) is 3.94. The maximum atomic E-state index is 5.93. The Hall–Kier alpha value is -1.96. The number of rotatable bonds is 4. The minimum absolute atomic E-state index is 0.214. The molecule has 3 rings (SSSR count). The molecule has 1 heterocycles. The van der Waals surface area contributed by atoms with E-state index < -0.39 is 0 Å². The van der Waals surface area contributed by atoms with E-state index in [1.807, 2.05) is 6.07 Å².